The number of rotatable bonds is 6. The molecular weight excluding hydrogens is 411 g/mol. The maximum Gasteiger partial charge on any atom is 0.193 e. The number of halogens is 1. The minimum Gasteiger partial charge on any atom is -0.370 e. The minimum atomic E-state index is -0.155. The summed E-state index contributed by atoms with van der Waals surface area (Å²) >= 11 is 0. The summed E-state index contributed by atoms with van der Waals surface area (Å²) in [4.78, 5) is 4.46. The highest BCUT2D eigenvalue weighted by molar-refractivity contribution is 14.0. The Balaban J connectivity index is 0.00000288. The lowest BCUT2D eigenvalue weighted by Gasteiger charge is -2.29. The van der Waals surface area contributed by atoms with Crippen LogP contribution in [0.4, 0.5) is 5.69 Å². The van der Waals surface area contributed by atoms with Gasteiger partial charge in [0.15, 0.2) is 5.96 Å². The number of anilines is 1. The van der Waals surface area contributed by atoms with Crippen molar-refractivity contribution in [2.24, 2.45) is 10.7 Å². The summed E-state index contributed by atoms with van der Waals surface area (Å²) in [6, 6.07) is 20.5. The van der Waals surface area contributed by atoms with Crippen molar-refractivity contribution in [3.63, 3.8) is 0 Å². The average molecular weight is 438 g/mol. The summed E-state index contributed by atoms with van der Waals surface area (Å²) in [6.07, 6.45) is 0. The molecule has 0 bridgehead atoms. The second-order valence-electron chi connectivity index (χ2n) is 6.35. The van der Waals surface area contributed by atoms with Crippen LogP contribution in [0.25, 0.3) is 0 Å². The molecule has 5 heteroatoms. The van der Waals surface area contributed by atoms with Gasteiger partial charge < -0.3 is 16.4 Å². The van der Waals surface area contributed by atoms with Crippen LogP contribution < -0.4 is 16.4 Å². The zero-order valence-electron chi connectivity index (χ0n) is 14.5. The van der Waals surface area contributed by atoms with Crippen LogP contribution in [0.15, 0.2) is 65.7 Å². The average Bonchev–Trinajstić information content (AvgIpc) is 2.54. The Hall–Kier alpha value is -1.60. The highest BCUT2D eigenvalue weighted by atomic mass is 127. The van der Waals surface area contributed by atoms with Crippen molar-refractivity contribution >= 4 is 35.6 Å². The Bertz CT molecular complexity index is 626. The molecule has 130 valence electrons. The molecule has 0 heterocycles. The van der Waals surface area contributed by atoms with E-state index in [-0.39, 0.29) is 35.6 Å². The molecular formula is C19H27IN4. The summed E-state index contributed by atoms with van der Waals surface area (Å²) in [5.74, 6) is 0.429. The highest BCUT2D eigenvalue weighted by Crippen LogP contribution is 2.16. The van der Waals surface area contributed by atoms with Gasteiger partial charge in [0.1, 0.15) is 0 Å². The number of aliphatic imine (C=N–C) groups is 1. The summed E-state index contributed by atoms with van der Waals surface area (Å²) in [5, 5.41) is 6.70. The Kier molecular flexibility index (Phi) is 8.21. The SMILES string of the molecule is CC(NC(C)(C)CN=C(N)Nc1ccccc1)c1ccccc1.I. The molecule has 2 aromatic carbocycles. The lowest BCUT2D eigenvalue weighted by atomic mass is 10.0. The third-order valence-corrected chi connectivity index (χ3v) is 3.60. The fourth-order valence-corrected chi connectivity index (χ4v) is 2.45. The smallest absolute Gasteiger partial charge is 0.193 e. The summed E-state index contributed by atoms with van der Waals surface area (Å²) in [6.45, 7) is 7.01. The Morgan fingerprint density at radius 3 is 2.17 bits per heavy atom. The first-order chi connectivity index (χ1) is 11.0. The maximum absolute atomic E-state index is 5.97. The standard InChI is InChI=1S/C19H26N4.HI/c1-15(16-10-6-4-7-11-16)23-19(2,3)14-21-18(20)22-17-12-8-5-9-13-17;/h4-13,15,23H,14H2,1-3H3,(H3,20,21,22);1H. The molecule has 1 atom stereocenters. The number of guanidine groups is 1. The van der Waals surface area contributed by atoms with Gasteiger partial charge in [-0.2, -0.15) is 0 Å². The predicted octanol–water partition coefficient (Wildman–Crippen LogP) is 4.16. The third kappa shape index (κ3) is 6.88. The number of hydrogen-bond donors (Lipinski definition) is 3. The maximum atomic E-state index is 5.97. The number of nitrogens with zero attached hydrogens (tertiary/aromatic N) is 1. The molecule has 1 unspecified atom stereocenters. The number of hydrogen-bond acceptors (Lipinski definition) is 2. The van der Waals surface area contributed by atoms with Crippen molar-refractivity contribution < 1.29 is 0 Å². The van der Waals surface area contributed by atoms with Gasteiger partial charge >= 0.3 is 0 Å². The zero-order valence-corrected chi connectivity index (χ0v) is 16.8. The van der Waals surface area contributed by atoms with Crippen LogP contribution in [0.1, 0.15) is 32.4 Å². The molecule has 24 heavy (non-hydrogen) atoms. The summed E-state index contributed by atoms with van der Waals surface area (Å²) in [7, 11) is 0. The van der Waals surface area contributed by atoms with Crippen molar-refractivity contribution in [3.8, 4) is 0 Å². The normalized spacial score (nSPS) is 13.0. The quantitative estimate of drug-likeness (QED) is 0.361. The zero-order chi connectivity index (χ0) is 16.7. The van der Waals surface area contributed by atoms with Gasteiger partial charge in [0.25, 0.3) is 0 Å². The highest BCUT2D eigenvalue weighted by Gasteiger charge is 2.20. The molecule has 0 fully saturated rings. The molecule has 4 N–H and O–H groups in total. The van der Waals surface area contributed by atoms with Gasteiger partial charge in [-0.05, 0) is 38.5 Å². The second kappa shape index (κ2) is 9.64. The fourth-order valence-electron chi connectivity index (χ4n) is 2.45. The van der Waals surface area contributed by atoms with E-state index in [9.17, 15) is 0 Å². The number of nitrogens with one attached hydrogen (secondary N) is 2. The van der Waals surface area contributed by atoms with Gasteiger partial charge in [-0.1, -0.05) is 48.5 Å². The number of nitrogens with two attached hydrogens (primary N) is 1. The molecule has 2 rings (SSSR count). The van der Waals surface area contributed by atoms with Crippen LogP contribution in [0.5, 0.6) is 0 Å². The van der Waals surface area contributed by atoms with Gasteiger partial charge in [0.2, 0.25) is 0 Å². The first kappa shape index (κ1) is 20.4. The van der Waals surface area contributed by atoms with Gasteiger partial charge in [0.05, 0.1) is 6.54 Å². The molecule has 0 radical (unpaired) electrons. The first-order valence-electron chi connectivity index (χ1n) is 7.91. The van der Waals surface area contributed by atoms with E-state index in [1.54, 1.807) is 0 Å². The Labute approximate surface area is 162 Å². The van der Waals surface area contributed by atoms with Gasteiger partial charge in [-0.15, -0.1) is 24.0 Å². The van der Waals surface area contributed by atoms with Crippen molar-refractivity contribution in [2.45, 2.75) is 32.4 Å². The van der Waals surface area contributed by atoms with E-state index in [0.29, 0.717) is 12.5 Å². The monoisotopic (exact) mass is 438 g/mol. The van der Waals surface area contributed by atoms with Crippen LogP contribution >= 0.6 is 24.0 Å². The molecule has 4 nitrogen and oxygen atoms in total. The van der Waals surface area contributed by atoms with Gasteiger partial charge in [0, 0.05) is 17.3 Å². The van der Waals surface area contributed by atoms with Crippen LogP contribution in [-0.2, 0) is 0 Å². The van der Waals surface area contributed by atoms with E-state index in [1.165, 1.54) is 5.56 Å². The molecule has 0 aromatic heterocycles. The van der Waals surface area contributed by atoms with Gasteiger partial charge in [-0.25, -0.2) is 0 Å². The molecule has 2 aromatic rings. The fraction of sp³-hybridized carbons (Fsp3) is 0.316. The third-order valence-electron chi connectivity index (χ3n) is 3.60. The number of para-hydroxylation sites is 1. The lowest BCUT2D eigenvalue weighted by molar-refractivity contribution is 0.357. The molecule has 0 aliphatic carbocycles. The van der Waals surface area contributed by atoms with E-state index >= 15 is 0 Å². The van der Waals surface area contributed by atoms with E-state index in [4.69, 9.17) is 5.73 Å². The molecule has 0 saturated heterocycles. The minimum absolute atomic E-state index is 0. The van der Waals surface area contributed by atoms with Crippen molar-refractivity contribution in [2.75, 3.05) is 11.9 Å². The number of benzene rings is 2. The van der Waals surface area contributed by atoms with Crippen molar-refractivity contribution in [1.29, 1.82) is 0 Å². The van der Waals surface area contributed by atoms with Crippen molar-refractivity contribution in [3.05, 3.63) is 66.2 Å². The van der Waals surface area contributed by atoms with E-state index in [1.807, 2.05) is 36.4 Å². The second-order valence-corrected chi connectivity index (χ2v) is 6.35. The molecule has 0 saturated carbocycles. The Morgan fingerprint density at radius 2 is 1.58 bits per heavy atom. The molecule has 0 aliphatic heterocycles. The largest absolute Gasteiger partial charge is 0.370 e. The van der Waals surface area contributed by atoms with Crippen LogP contribution in [0.3, 0.4) is 0 Å². The van der Waals surface area contributed by atoms with E-state index in [0.717, 1.165) is 5.69 Å². The molecule has 0 amide bonds. The summed E-state index contributed by atoms with van der Waals surface area (Å²) in [5.41, 5.74) is 8.02. The molecule has 0 aliphatic rings. The van der Waals surface area contributed by atoms with Crippen LogP contribution in [0.2, 0.25) is 0 Å². The van der Waals surface area contributed by atoms with E-state index in [2.05, 4.69) is 60.7 Å². The van der Waals surface area contributed by atoms with E-state index < -0.39 is 0 Å². The summed E-state index contributed by atoms with van der Waals surface area (Å²) < 4.78 is 0. The topological polar surface area (TPSA) is 62.4 Å². The predicted molar refractivity (Wildman–Crippen MR) is 114 cm³/mol. The molecule has 0 spiro atoms. The van der Waals surface area contributed by atoms with Crippen LogP contribution in [0, 0.1) is 0 Å². The van der Waals surface area contributed by atoms with Crippen molar-refractivity contribution in [1.82, 2.24) is 5.32 Å². The Morgan fingerprint density at radius 1 is 1.04 bits per heavy atom. The van der Waals surface area contributed by atoms with Crippen LogP contribution in [-0.4, -0.2) is 18.0 Å². The first-order valence-corrected chi connectivity index (χ1v) is 7.91. The lowest BCUT2D eigenvalue weighted by Crippen LogP contribution is -2.44. The van der Waals surface area contributed by atoms with Gasteiger partial charge in [-0.3, -0.25) is 4.99 Å².